The minimum atomic E-state index is -0.522. The lowest BCUT2D eigenvalue weighted by Gasteiger charge is -2.05. The molecule has 2 aromatic heterocycles. The third kappa shape index (κ3) is 4.93. The van der Waals surface area contributed by atoms with Crippen LogP contribution in [0.4, 0.5) is 0 Å². The molecule has 0 bridgehead atoms. The number of nitriles is 1. The quantitative estimate of drug-likeness (QED) is 0.308. The van der Waals surface area contributed by atoms with Gasteiger partial charge in [-0.2, -0.15) is 5.26 Å². The number of carbonyl (C=O) groups is 2. The van der Waals surface area contributed by atoms with Gasteiger partial charge in [-0.1, -0.05) is 12.1 Å². The van der Waals surface area contributed by atoms with E-state index in [1.807, 2.05) is 6.07 Å². The smallest absolute Gasteiger partial charge is 0.345 e. The van der Waals surface area contributed by atoms with Gasteiger partial charge in [0.05, 0.1) is 18.4 Å². The summed E-state index contributed by atoms with van der Waals surface area (Å²) in [6.45, 7) is 0.189. The zero-order valence-corrected chi connectivity index (χ0v) is 14.7. The Morgan fingerprint density at radius 2 is 2.00 bits per heavy atom. The van der Waals surface area contributed by atoms with Crippen LogP contribution in [0, 0.1) is 11.3 Å². The number of nitrogens with zero attached hydrogens (tertiary/aromatic N) is 2. The van der Waals surface area contributed by atoms with Crippen LogP contribution in [0.3, 0.4) is 0 Å². The van der Waals surface area contributed by atoms with Crippen molar-refractivity contribution in [2.75, 3.05) is 0 Å². The van der Waals surface area contributed by atoms with E-state index in [9.17, 15) is 14.9 Å². The van der Waals surface area contributed by atoms with E-state index in [-0.39, 0.29) is 12.1 Å². The predicted octanol–water partition coefficient (Wildman–Crippen LogP) is 3.12. The molecule has 7 nitrogen and oxygen atoms in total. The monoisotopic (exact) mass is 373 g/mol. The second-order valence-electron chi connectivity index (χ2n) is 5.63. The Kier molecular flexibility index (Phi) is 5.95. The van der Waals surface area contributed by atoms with Crippen LogP contribution in [0.15, 0.2) is 77.2 Å². The average molecular weight is 373 g/mol. The number of ether oxygens (including phenoxy) is 1. The van der Waals surface area contributed by atoms with Gasteiger partial charge in [0, 0.05) is 12.4 Å². The molecule has 0 radical (unpaired) electrons. The molecule has 0 saturated carbocycles. The van der Waals surface area contributed by atoms with Crippen molar-refractivity contribution in [2.45, 2.75) is 6.54 Å². The lowest BCUT2D eigenvalue weighted by Crippen LogP contribution is -2.23. The first-order valence-electron chi connectivity index (χ1n) is 8.30. The second kappa shape index (κ2) is 8.96. The number of rotatable bonds is 6. The molecule has 28 heavy (non-hydrogen) atoms. The van der Waals surface area contributed by atoms with Crippen molar-refractivity contribution in [3.05, 3.63) is 89.6 Å². The van der Waals surface area contributed by atoms with Crippen LogP contribution < -0.4 is 10.1 Å². The molecule has 138 valence electrons. The maximum atomic E-state index is 12.1. The zero-order chi connectivity index (χ0) is 19.8. The molecule has 1 N–H and O–H groups in total. The minimum Gasteiger partial charge on any atom is -0.467 e. The molecule has 7 heteroatoms. The lowest BCUT2D eigenvalue weighted by atomic mass is 10.1. The third-order valence-electron chi connectivity index (χ3n) is 3.67. The van der Waals surface area contributed by atoms with Gasteiger partial charge < -0.3 is 14.5 Å². The summed E-state index contributed by atoms with van der Waals surface area (Å²) in [6.07, 6.45) is 5.94. The standard InChI is InChI=1S/C21H15N3O4/c22-12-17(20(25)24-14-19-4-2-10-27-19)11-15-5-7-18(8-6-15)28-21(26)16-3-1-9-23-13-16/h1-11,13H,14H2,(H,24,25)/b17-11+. The summed E-state index contributed by atoms with van der Waals surface area (Å²) in [5, 5.41) is 11.8. The van der Waals surface area contributed by atoms with Crippen LogP contribution in [-0.2, 0) is 11.3 Å². The van der Waals surface area contributed by atoms with Crippen LogP contribution in [-0.4, -0.2) is 16.9 Å². The molecule has 3 aromatic rings. The fraction of sp³-hybridized carbons (Fsp3) is 0.0476. The molecule has 0 spiro atoms. The highest BCUT2D eigenvalue weighted by atomic mass is 16.5. The molecule has 0 atom stereocenters. The largest absolute Gasteiger partial charge is 0.467 e. The second-order valence-corrected chi connectivity index (χ2v) is 5.63. The van der Waals surface area contributed by atoms with Gasteiger partial charge in [0.25, 0.3) is 5.91 Å². The van der Waals surface area contributed by atoms with Gasteiger partial charge in [0.2, 0.25) is 0 Å². The minimum absolute atomic E-state index is 0.0494. The average Bonchev–Trinajstić information content (AvgIpc) is 3.25. The first-order chi connectivity index (χ1) is 13.7. The number of hydrogen-bond donors (Lipinski definition) is 1. The highest BCUT2D eigenvalue weighted by molar-refractivity contribution is 6.01. The number of nitrogens with one attached hydrogen (secondary N) is 1. The SMILES string of the molecule is N#C/C(=C\c1ccc(OC(=O)c2cccnc2)cc1)C(=O)NCc1ccco1. The molecule has 0 unspecified atom stereocenters. The molecule has 0 saturated heterocycles. The van der Waals surface area contributed by atoms with Crippen LogP contribution in [0.25, 0.3) is 6.08 Å². The molecule has 0 aliphatic heterocycles. The van der Waals surface area contributed by atoms with E-state index >= 15 is 0 Å². The fourth-order valence-electron chi connectivity index (χ4n) is 2.27. The molecule has 0 fully saturated rings. The summed E-state index contributed by atoms with van der Waals surface area (Å²) in [6, 6.07) is 15.0. The topological polar surface area (TPSA) is 105 Å². The van der Waals surface area contributed by atoms with Crippen LogP contribution in [0.1, 0.15) is 21.7 Å². The van der Waals surface area contributed by atoms with Gasteiger partial charge in [0.15, 0.2) is 0 Å². The van der Waals surface area contributed by atoms with E-state index in [1.165, 1.54) is 18.5 Å². The molecule has 0 aliphatic rings. The Bertz CT molecular complexity index is 1020. The van der Waals surface area contributed by atoms with Crippen molar-refractivity contribution in [3.8, 4) is 11.8 Å². The Balaban J connectivity index is 1.63. The molecule has 1 amide bonds. The maximum absolute atomic E-state index is 12.1. The maximum Gasteiger partial charge on any atom is 0.345 e. The first kappa shape index (κ1) is 18.6. The Morgan fingerprint density at radius 1 is 1.18 bits per heavy atom. The predicted molar refractivity (Wildman–Crippen MR) is 99.8 cm³/mol. The van der Waals surface area contributed by atoms with Crippen molar-refractivity contribution >= 4 is 18.0 Å². The Morgan fingerprint density at radius 3 is 2.64 bits per heavy atom. The van der Waals surface area contributed by atoms with Crippen LogP contribution in [0.2, 0.25) is 0 Å². The summed E-state index contributed by atoms with van der Waals surface area (Å²) >= 11 is 0. The van der Waals surface area contributed by atoms with Gasteiger partial charge in [0.1, 0.15) is 23.2 Å². The highest BCUT2D eigenvalue weighted by Crippen LogP contribution is 2.16. The van der Waals surface area contributed by atoms with E-state index in [1.54, 1.807) is 54.7 Å². The van der Waals surface area contributed by atoms with Gasteiger partial charge in [-0.05, 0) is 48.0 Å². The molecule has 1 aromatic carbocycles. The number of furan rings is 1. The first-order valence-corrected chi connectivity index (χ1v) is 8.30. The van der Waals surface area contributed by atoms with E-state index in [4.69, 9.17) is 9.15 Å². The number of pyridine rings is 1. The van der Waals surface area contributed by atoms with Crippen LogP contribution in [0.5, 0.6) is 5.75 Å². The van der Waals surface area contributed by atoms with Gasteiger partial charge in [-0.25, -0.2) is 4.79 Å². The number of hydrogen-bond acceptors (Lipinski definition) is 6. The van der Waals surface area contributed by atoms with E-state index in [2.05, 4.69) is 10.3 Å². The van der Waals surface area contributed by atoms with Crippen molar-refractivity contribution in [1.29, 1.82) is 5.26 Å². The lowest BCUT2D eigenvalue weighted by molar-refractivity contribution is -0.117. The van der Waals surface area contributed by atoms with Crippen molar-refractivity contribution in [1.82, 2.24) is 10.3 Å². The molecular weight excluding hydrogens is 358 g/mol. The fourth-order valence-corrected chi connectivity index (χ4v) is 2.27. The summed E-state index contributed by atoms with van der Waals surface area (Å²) < 4.78 is 10.4. The summed E-state index contributed by atoms with van der Waals surface area (Å²) in [4.78, 5) is 28.0. The molecule has 2 heterocycles. The van der Waals surface area contributed by atoms with E-state index in [0.717, 1.165) is 0 Å². The van der Waals surface area contributed by atoms with Crippen molar-refractivity contribution < 1.29 is 18.7 Å². The van der Waals surface area contributed by atoms with Gasteiger partial charge in [-0.3, -0.25) is 9.78 Å². The highest BCUT2D eigenvalue weighted by Gasteiger charge is 2.11. The third-order valence-corrected chi connectivity index (χ3v) is 3.67. The Hall–Kier alpha value is -4.18. The van der Waals surface area contributed by atoms with Crippen molar-refractivity contribution in [3.63, 3.8) is 0 Å². The molecule has 3 rings (SSSR count). The van der Waals surface area contributed by atoms with E-state index < -0.39 is 11.9 Å². The van der Waals surface area contributed by atoms with Crippen molar-refractivity contribution in [2.24, 2.45) is 0 Å². The Labute approximate surface area is 160 Å². The van der Waals surface area contributed by atoms with Crippen LogP contribution >= 0.6 is 0 Å². The summed E-state index contributed by atoms with van der Waals surface area (Å²) in [5.41, 5.74) is 0.906. The molecule has 0 aliphatic carbocycles. The van der Waals surface area contributed by atoms with E-state index in [0.29, 0.717) is 22.6 Å². The van der Waals surface area contributed by atoms with Gasteiger partial charge >= 0.3 is 5.97 Å². The number of amides is 1. The van der Waals surface area contributed by atoms with Gasteiger partial charge in [-0.15, -0.1) is 0 Å². The number of carbonyl (C=O) groups excluding carboxylic acids is 2. The number of esters is 1. The zero-order valence-electron chi connectivity index (χ0n) is 14.7. The normalized spacial score (nSPS) is 10.8. The number of aromatic nitrogens is 1. The summed E-state index contributed by atoms with van der Waals surface area (Å²) in [5.74, 6) is -0.102. The summed E-state index contributed by atoms with van der Waals surface area (Å²) in [7, 11) is 0. The number of benzene rings is 1. The molecular formula is C21H15N3O4.